The van der Waals surface area contributed by atoms with Gasteiger partial charge in [0.25, 0.3) is 0 Å². The second-order valence-electron chi connectivity index (χ2n) is 5.81. The van der Waals surface area contributed by atoms with Gasteiger partial charge in [0, 0.05) is 23.1 Å². The molecule has 146 valence electrons. The van der Waals surface area contributed by atoms with Gasteiger partial charge < -0.3 is 18.6 Å². The first-order chi connectivity index (χ1) is 13.4. The van der Waals surface area contributed by atoms with Crippen molar-refractivity contribution in [2.45, 2.75) is 19.6 Å². The summed E-state index contributed by atoms with van der Waals surface area (Å²) in [4.78, 5) is 23.8. The van der Waals surface area contributed by atoms with Crippen LogP contribution in [0.1, 0.15) is 11.1 Å². The molecule has 2 aromatic carbocycles. The van der Waals surface area contributed by atoms with Crippen molar-refractivity contribution < 1.29 is 32.2 Å². The van der Waals surface area contributed by atoms with Crippen LogP contribution in [-0.4, -0.2) is 19.7 Å². The van der Waals surface area contributed by atoms with E-state index in [-0.39, 0.29) is 18.8 Å². The highest BCUT2D eigenvalue weighted by atomic mass is 19.3. The summed E-state index contributed by atoms with van der Waals surface area (Å²) in [6, 6.07) is 11.9. The molecule has 0 saturated carbocycles. The summed E-state index contributed by atoms with van der Waals surface area (Å²) < 4.78 is 44.0. The van der Waals surface area contributed by atoms with Crippen LogP contribution in [0.2, 0.25) is 0 Å². The number of carbonyl (C=O) groups excluding carboxylic acids is 1. The molecule has 0 bridgehead atoms. The minimum absolute atomic E-state index is 0.00465. The minimum Gasteiger partial charge on any atom is -0.497 e. The Morgan fingerprint density at radius 2 is 1.79 bits per heavy atom. The number of benzene rings is 2. The summed E-state index contributed by atoms with van der Waals surface area (Å²) in [6.45, 7) is -3.02. The number of hydrogen-bond acceptors (Lipinski definition) is 6. The Morgan fingerprint density at radius 1 is 1.07 bits per heavy atom. The fourth-order valence-electron chi connectivity index (χ4n) is 2.62. The van der Waals surface area contributed by atoms with Crippen molar-refractivity contribution in [2.75, 3.05) is 7.11 Å². The lowest BCUT2D eigenvalue weighted by Crippen LogP contribution is -2.10. The molecule has 0 saturated heterocycles. The second kappa shape index (κ2) is 8.51. The van der Waals surface area contributed by atoms with Crippen molar-refractivity contribution in [3.05, 3.63) is 70.1 Å². The molecule has 0 aliphatic rings. The molecule has 0 amide bonds. The van der Waals surface area contributed by atoms with E-state index in [1.54, 1.807) is 18.2 Å². The third-order valence-electron chi connectivity index (χ3n) is 3.92. The fraction of sp³-hybridized carbons (Fsp3) is 0.200. The van der Waals surface area contributed by atoms with Crippen molar-refractivity contribution in [1.82, 2.24) is 0 Å². The van der Waals surface area contributed by atoms with Crippen molar-refractivity contribution >= 4 is 16.9 Å². The van der Waals surface area contributed by atoms with E-state index >= 15 is 0 Å². The SMILES string of the molecule is COc1ccc2c(COC(=O)Cc3ccc(OC(F)F)cc3)cc(=O)oc2c1. The van der Waals surface area contributed by atoms with Gasteiger partial charge in [0.05, 0.1) is 13.5 Å². The van der Waals surface area contributed by atoms with E-state index in [2.05, 4.69) is 4.74 Å². The van der Waals surface area contributed by atoms with E-state index in [9.17, 15) is 18.4 Å². The quantitative estimate of drug-likeness (QED) is 0.453. The monoisotopic (exact) mass is 390 g/mol. The Morgan fingerprint density at radius 3 is 2.46 bits per heavy atom. The molecule has 8 heteroatoms. The van der Waals surface area contributed by atoms with Crippen LogP contribution in [0.3, 0.4) is 0 Å². The Bertz CT molecular complexity index is 1030. The van der Waals surface area contributed by atoms with Crippen LogP contribution in [0.4, 0.5) is 8.78 Å². The molecule has 0 atom stereocenters. The zero-order chi connectivity index (χ0) is 20.1. The van der Waals surface area contributed by atoms with Crippen molar-refractivity contribution in [2.24, 2.45) is 0 Å². The molecule has 1 aromatic heterocycles. The van der Waals surface area contributed by atoms with E-state index in [4.69, 9.17) is 13.9 Å². The fourth-order valence-corrected chi connectivity index (χ4v) is 2.62. The number of fused-ring (bicyclic) bond motifs is 1. The molecule has 0 unspecified atom stereocenters. The highest BCUT2D eigenvalue weighted by molar-refractivity contribution is 5.82. The van der Waals surface area contributed by atoms with Crippen LogP contribution >= 0.6 is 0 Å². The summed E-state index contributed by atoms with van der Waals surface area (Å²) in [5.74, 6) is 0.00604. The van der Waals surface area contributed by atoms with E-state index < -0.39 is 18.2 Å². The number of hydrogen-bond donors (Lipinski definition) is 0. The maximum absolute atomic E-state index is 12.1. The molecule has 0 N–H and O–H groups in total. The maximum atomic E-state index is 12.1. The topological polar surface area (TPSA) is 75.0 Å². The van der Waals surface area contributed by atoms with Crippen LogP contribution in [-0.2, 0) is 22.6 Å². The molecule has 0 fully saturated rings. The molecule has 0 aliphatic carbocycles. The standard InChI is InChI=1S/C20H16F2O6/c1-25-15-6-7-16-13(9-19(24)28-17(16)10-15)11-26-18(23)8-12-2-4-14(5-3-12)27-20(21)22/h2-7,9-10,20H,8,11H2,1H3. The van der Waals surface area contributed by atoms with E-state index in [1.165, 1.54) is 37.4 Å². The van der Waals surface area contributed by atoms with Gasteiger partial charge in [-0.2, -0.15) is 8.78 Å². The van der Waals surface area contributed by atoms with Gasteiger partial charge in [0.2, 0.25) is 0 Å². The number of carbonyl (C=O) groups is 1. The molecule has 1 heterocycles. The number of halogens is 2. The molecule has 6 nitrogen and oxygen atoms in total. The summed E-state index contributed by atoms with van der Waals surface area (Å²) in [7, 11) is 1.50. The van der Waals surface area contributed by atoms with Crippen LogP contribution in [0.25, 0.3) is 11.0 Å². The van der Waals surface area contributed by atoms with Crippen LogP contribution < -0.4 is 15.1 Å². The maximum Gasteiger partial charge on any atom is 0.387 e. The average Bonchev–Trinajstić information content (AvgIpc) is 2.66. The van der Waals surface area contributed by atoms with Gasteiger partial charge in [-0.1, -0.05) is 12.1 Å². The lowest BCUT2D eigenvalue weighted by atomic mass is 10.1. The lowest BCUT2D eigenvalue weighted by molar-refractivity contribution is -0.144. The van der Waals surface area contributed by atoms with Crippen LogP contribution in [0.5, 0.6) is 11.5 Å². The first-order valence-corrected chi connectivity index (χ1v) is 8.25. The predicted molar refractivity (Wildman–Crippen MR) is 95.6 cm³/mol. The average molecular weight is 390 g/mol. The van der Waals surface area contributed by atoms with Gasteiger partial charge >= 0.3 is 18.2 Å². The molecular formula is C20H16F2O6. The Labute approximate surface area is 158 Å². The summed E-state index contributed by atoms with van der Waals surface area (Å²) in [6.07, 6.45) is -0.0534. The minimum atomic E-state index is -2.91. The molecule has 28 heavy (non-hydrogen) atoms. The number of esters is 1. The van der Waals surface area contributed by atoms with Gasteiger partial charge in [-0.3, -0.25) is 4.79 Å². The number of rotatable bonds is 7. The second-order valence-corrected chi connectivity index (χ2v) is 5.81. The first kappa shape index (κ1) is 19.3. The first-order valence-electron chi connectivity index (χ1n) is 8.25. The lowest BCUT2D eigenvalue weighted by Gasteiger charge is -2.09. The van der Waals surface area contributed by atoms with Gasteiger partial charge in [-0.15, -0.1) is 0 Å². The van der Waals surface area contributed by atoms with Gasteiger partial charge in [-0.05, 0) is 29.8 Å². The zero-order valence-electron chi connectivity index (χ0n) is 14.8. The van der Waals surface area contributed by atoms with Crippen LogP contribution in [0.15, 0.2) is 57.7 Å². The summed E-state index contributed by atoms with van der Waals surface area (Å²) in [5, 5.41) is 0.627. The van der Waals surface area contributed by atoms with Crippen molar-refractivity contribution in [1.29, 1.82) is 0 Å². The number of alkyl halides is 2. The molecule has 0 spiro atoms. The highest BCUT2D eigenvalue weighted by Crippen LogP contribution is 2.23. The molecule has 0 radical (unpaired) electrons. The van der Waals surface area contributed by atoms with Crippen molar-refractivity contribution in [3.63, 3.8) is 0 Å². The Kier molecular flexibility index (Phi) is 5.88. The molecule has 0 aliphatic heterocycles. The van der Waals surface area contributed by atoms with Gasteiger partial charge in [-0.25, -0.2) is 4.79 Å². The smallest absolute Gasteiger partial charge is 0.387 e. The molecular weight excluding hydrogens is 374 g/mol. The molecule has 3 aromatic rings. The largest absolute Gasteiger partial charge is 0.497 e. The van der Waals surface area contributed by atoms with Crippen LogP contribution in [0, 0.1) is 0 Å². The van der Waals surface area contributed by atoms with Gasteiger partial charge in [0.1, 0.15) is 23.7 Å². The highest BCUT2D eigenvalue weighted by Gasteiger charge is 2.11. The van der Waals surface area contributed by atoms with E-state index in [0.717, 1.165) is 0 Å². The van der Waals surface area contributed by atoms with E-state index in [1.807, 2.05) is 0 Å². The summed E-state index contributed by atoms with van der Waals surface area (Å²) in [5.41, 5.74) is 0.839. The van der Waals surface area contributed by atoms with E-state index in [0.29, 0.717) is 27.8 Å². The Balaban J connectivity index is 1.66. The zero-order valence-corrected chi connectivity index (χ0v) is 14.8. The number of methoxy groups -OCH3 is 1. The summed E-state index contributed by atoms with van der Waals surface area (Å²) >= 11 is 0. The van der Waals surface area contributed by atoms with Gasteiger partial charge in [0.15, 0.2) is 0 Å². The number of ether oxygens (including phenoxy) is 3. The van der Waals surface area contributed by atoms with Crippen molar-refractivity contribution in [3.8, 4) is 11.5 Å². The Hall–Kier alpha value is -3.42. The third kappa shape index (κ3) is 4.85. The predicted octanol–water partition coefficient (Wildman–Crippen LogP) is 3.69. The normalized spacial score (nSPS) is 10.9. The molecule has 3 rings (SSSR count). The third-order valence-corrected chi connectivity index (χ3v) is 3.92.